The predicted octanol–water partition coefficient (Wildman–Crippen LogP) is 5.47. The molecule has 0 N–H and O–H groups in total. The van der Waals surface area contributed by atoms with Crippen molar-refractivity contribution in [1.82, 2.24) is 24.8 Å². The number of nitrogens with zero attached hydrogens (tertiary/aromatic N) is 6. The normalized spacial score (nSPS) is 22.4. The maximum Gasteiger partial charge on any atom is 0.225 e. The molecule has 2 aromatic heterocycles. The van der Waals surface area contributed by atoms with E-state index in [1.165, 1.54) is 0 Å². The monoisotopic (exact) mass is 542 g/mol. The van der Waals surface area contributed by atoms with Crippen LogP contribution in [0.15, 0.2) is 42.7 Å². The van der Waals surface area contributed by atoms with Gasteiger partial charge in [0.1, 0.15) is 6.17 Å². The van der Waals surface area contributed by atoms with Crippen LogP contribution < -0.4 is 9.64 Å². The van der Waals surface area contributed by atoms with Crippen LogP contribution >= 0.6 is 23.2 Å². The second-order valence-corrected chi connectivity index (χ2v) is 10.9. The lowest BCUT2D eigenvalue weighted by Crippen LogP contribution is -2.47. The molecule has 3 saturated heterocycles. The largest absolute Gasteiger partial charge is 0.436 e. The van der Waals surface area contributed by atoms with Gasteiger partial charge in [-0.2, -0.15) is 0 Å². The van der Waals surface area contributed by atoms with Crippen molar-refractivity contribution >= 4 is 29.2 Å². The van der Waals surface area contributed by atoms with Crippen molar-refractivity contribution in [2.24, 2.45) is 0 Å². The molecule has 0 spiro atoms. The number of piperazine rings is 1. The molecule has 2 atom stereocenters. The number of hydrogen-bond acceptors (Lipinski definition) is 7. The van der Waals surface area contributed by atoms with Crippen molar-refractivity contribution in [1.29, 1.82) is 0 Å². The van der Waals surface area contributed by atoms with Crippen molar-refractivity contribution in [2.75, 3.05) is 44.2 Å². The SMILES string of the molecule is FC1CCN(Cc2cc(Oc3cnc(N4CCN5CCC4C5)nc3)nc(-c3cc(Cl)cc(Cl)c3)c2)CC1. The van der Waals surface area contributed by atoms with Crippen molar-refractivity contribution in [3.05, 3.63) is 58.3 Å². The Morgan fingerprint density at radius 3 is 2.41 bits per heavy atom. The fraction of sp³-hybridized carbons (Fsp3) is 0.444. The molecule has 0 amide bonds. The number of halogens is 3. The van der Waals surface area contributed by atoms with Gasteiger partial charge in [0.05, 0.1) is 18.1 Å². The quantitative estimate of drug-likeness (QED) is 0.409. The Hall–Kier alpha value is -2.52. The van der Waals surface area contributed by atoms with Gasteiger partial charge >= 0.3 is 0 Å². The summed E-state index contributed by atoms with van der Waals surface area (Å²) < 4.78 is 19.8. The van der Waals surface area contributed by atoms with Gasteiger partial charge in [-0.1, -0.05) is 23.2 Å². The zero-order valence-electron chi connectivity index (χ0n) is 20.5. The average Bonchev–Trinajstić information content (AvgIpc) is 3.26. The van der Waals surface area contributed by atoms with E-state index in [1.54, 1.807) is 18.5 Å². The number of piperidine rings is 1. The summed E-state index contributed by atoms with van der Waals surface area (Å²) in [6.45, 7) is 6.35. The summed E-state index contributed by atoms with van der Waals surface area (Å²) in [5, 5.41) is 1.07. The molecule has 3 aliphatic rings. The average molecular weight is 543 g/mol. The van der Waals surface area contributed by atoms with Gasteiger partial charge in [-0.05, 0) is 49.1 Å². The van der Waals surface area contributed by atoms with Crippen LogP contribution in [0, 0.1) is 0 Å². The molecule has 3 fully saturated rings. The molecule has 0 radical (unpaired) electrons. The molecular formula is C27H29Cl2FN6O. The minimum Gasteiger partial charge on any atom is -0.436 e. The van der Waals surface area contributed by atoms with E-state index in [1.807, 2.05) is 24.3 Å². The highest BCUT2D eigenvalue weighted by Crippen LogP contribution is 2.31. The van der Waals surface area contributed by atoms with Crippen LogP contribution in [0.5, 0.6) is 11.6 Å². The second-order valence-electron chi connectivity index (χ2n) is 10.1. The van der Waals surface area contributed by atoms with Crippen LogP contribution in [-0.4, -0.2) is 76.2 Å². The van der Waals surface area contributed by atoms with E-state index in [0.29, 0.717) is 52.8 Å². The molecule has 6 rings (SSSR count). The maximum absolute atomic E-state index is 13.7. The van der Waals surface area contributed by atoms with Crippen molar-refractivity contribution in [3.8, 4) is 22.9 Å². The first kappa shape index (κ1) is 24.8. The highest BCUT2D eigenvalue weighted by molar-refractivity contribution is 6.35. The van der Waals surface area contributed by atoms with Crippen LogP contribution in [0.1, 0.15) is 24.8 Å². The van der Waals surface area contributed by atoms with Gasteiger partial charge in [0, 0.05) is 73.5 Å². The smallest absolute Gasteiger partial charge is 0.225 e. The van der Waals surface area contributed by atoms with Crippen LogP contribution in [0.25, 0.3) is 11.3 Å². The Morgan fingerprint density at radius 2 is 1.65 bits per heavy atom. The predicted molar refractivity (Wildman–Crippen MR) is 143 cm³/mol. The molecule has 5 heterocycles. The summed E-state index contributed by atoms with van der Waals surface area (Å²) >= 11 is 12.5. The van der Waals surface area contributed by atoms with E-state index in [-0.39, 0.29) is 0 Å². The van der Waals surface area contributed by atoms with E-state index in [0.717, 1.165) is 62.8 Å². The lowest BCUT2D eigenvalue weighted by molar-refractivity contribution is 0.145. The number of pyridine rings is 1. The number of rotatable bonds is 6. The molecule has 194 valence electrons. The Kier molecular flexibility index (Phi) is 7.16. The van der Waals surface area contributed by atoms with Gasteiger partial charge in [-0.15, -0.1) is 0 Å². The third-order valence-corrected chi connectivity index (χ3v) is 7.82. The molecular weight excluding hydrogens is 514 g/mol. The van der Waals surface area contributed by atoms with Gasteiger partial charge in [0.15, 0.2) is 5.75 Å². The summed E-state index contributed by atoms with van der Waals surface area (Å²) in [7, 11) is 0. The summed E-state index contributed by atoms with van der Waals surface area (Å²) in [4.78, 5) is 21.0. The third kappa shape index (κ3) is 5.82. The van der Waals surface area contributed by atoms with Crippen molar-refractivity contribution in [3.63, 3.8) is 0 Å². The van der Waals surface area contributed by atoms with Gasteiger partial charge in [0.25, 0.3) is 0 Å². The summed E-state index contributed by atoms with van der Waals surface area (Å²) in [5.41, 5.74) is 2.52. The number of fused-ring (bicyclic) bond motifs is 2. The standard InChI is InChI=1S/C27H29Cl2FN6O/c28-20-11-19(12-21(29)13-20)25-9-18(16-34-4-1-22(30)2-5-34)10-26(33-25)37-24-14-31-27(32-15-24)36-8-7-35-6-3-23(36)17-35/h9-15,22-23H,1-8,16-17H2. The summed E-state index contributed by atoms with van der Waals surface area (Å²) in [6, 6.07) is 9.77. The first-order chi connectivity index (χ1) is 18.0. The number of likely N-dealkylation sites (tertiary alicyclic amines) is 1. The highest BCUT2D eigenvalue weighted by Gasteiger charge is 2.33. The first-order valence-electron chi connectivity index (χ1n) is 12.8. The van der Waals surface area contributed by atoms with E-state index < -0.39 is 6.17 Å². The molecule has 10 heteroatoms. The molecule has 3 aromatic rings. The number of hydrogen-bond donors (Lipinski definition) is 0. The van der Waals surface area contributed by atoms with E-state index in [2.05, 4.69) is 24.7 Å². The number of aromatic nitrogens is 3. The van der Waals surface area contributed by atoms with Gasteiger partial charge < -0.3 is 9.64 Å². The van der Waals surface area contributed by atoms with Crippen LogP contribution in [0.2, 0.25) is 10.0 Å². The highest BCUT2D eigenvalue weighted by atomic mass is 35.5. The molecule has 2 bridgehead atoms. The molecule has 1 aromatic carbocycles. The Balaban J connectivity index is 1.25. The summed E-state index contributed by atoms with van der Waals surface area (Å²) in [6.07, 6.45) is 4.98. The number of benzene rings is 1. The third-order valence-electron chi connectivity index (χ3n) is 7.38. The fourth-order valence-electron chi connectivity index (χ4n) is 5.47. The maximum atomic E-state index is 13.7. The number of alkyl halides is 1. The van der Waals surface area contributed by atoms with E-state index in [4.69, 9.17) is 32.9 Å². The summed E-state index contributed by atoms with van der Waals surface area (Å²) in [5.74, 6) is 1.70. The topological polar surface area (TPSA) is 57.6 Å². The lowest BCUT2D eigenvalue weighted by Gasteiger charge is -2.34. The molecule has 0 aliphatic carbocycles. The van der Waals surface area contributed by atoms with Gasteiger partial charge in [-0.25, -0.2) is 19.3 Å². The van der Waals surface area contributed by atoms with Gasteiger partial charge in [-0.3, -0.25) is 9.80 Å². The van der Waals surface area contributed by atoms with Gasteiger partial charge in [0.2, 0.25) is 11.8 Å². The first-order valence-corrected chi connectivity index (χ1v) is 13.6. The second kappa shape index (κ2) is 10.7. The molecule has 7 nitrogen and oxygen atoms in total. The minimum absolute atomic E-state index is 0.435. The van der Waals surface area contributed by atoms with E-state index >= 15 is 0 Å². The Bertz CT molecular complexity index is 1230. The number of anilines is 1. The molecule has 3 aliphatic heterocycles. The van der Waals surface area contributed by atoms with Crippen LogP contribution in [-0.2, 0) is 6.54 Å². The minimum atomic E-state index is -0.711. The zero-order valence-corrected chi connectivity index (χ0v) is 22.0. The van der Waals surface area contributed by atoms with Crippen molar-refractivity contribution in [2.45, 2.75) is 38.0 Å². The lowest BCUT2D eigenvalue weighted by atomic mass is 10.1. The van der Waals surface area contributed by atoms with Crippen LogP contribution in [0.3, 0.4) is 0 Å². The molecule has 37 heavy (non-hydrogen) atoms. The van der Waals surface area contributed by atoms with Crippen molar-refractivity contribution < 1.29 is 9.13 Å². The fourth-order valence-corrected chi connectivity index (χ4v) is 5.99. The Morgan fingerprint density at radius 1 is 0.892 bits per heavy atom. The molecule has 2 unspecified atom stereocenters. The Labute approximate surface area is 226 Å². The molecule has 0 saturated carbocycles. The zero-order chi connectivity index (χ0) is 25.4. The number of ether oxygens (including phenoxy) is 1. The van der Waals surface area contributed by atoms with Crippen LogP contribution in [0.4, 0.5) is 10.3 Å². The van der Waals surface area contributed by atoms with E-state index in [9.17, 15) is 4.39 Å².